The average Bonchev–Trinajstić information content (AvgIpc) is 2.85. The van der Waals surface area contributed by atoms with E-state index in [1.165, 1.54) is 25.1 Å². The Morgan fingerprint density at radius 2 is 1.38 bits per heavy atom. The van der Waals surface area contributed by atoms with E-state index in [0.29, 0.717) is 10.9 Å². The number of halogens is 3. The molecule has 7 heteroatoms. The van der Waals surface area contributed by atoms with E-state index in [-0.39, 0.29) is 17.8 Å². The fourth-order valence-electron chi connectivity index (χ4n) is 3.52. The third kappa shape index (κ3) is 6.13. The third-order valence-corrected chi connectivity index (χ3v) is 5.14. The number of Topliss-reactive ketones (excluding diaryl/α,β-unsaturated/α-hetero) is 1. The van der Waals surface area contributed by atoms with Crippen LogP contribution in [0.2, 0.25) is 0 Å². The maximum absolute atomic E-state index is 14.6. The minimum absolute atomic E-state index is 0.0738. The fourth-order valence-corrected chi connectivity index (χ4v) is 3.52. The molecule has 172 valence electrons. The van der Waals surface area contributed by atoms with E-state index < -0.39 is 30.1 Å². The fraction of sp³-hybridized carbons (Fsp3) is 0.111. The molecule has 0 radical (unpaired) electrons. The van der Waals surface area contributed by atoms with Crippen LogP contribution in [-0.4, -0.2) is 31.1 Å². The summed E-state index contributed by atoms with van der Waals surface area (Å²) in [6.07, 6.45) is -3.37. The van der Waals surface area contributed by atoms with Crippen LogP contribution in [-0.2, 0) is 0 Å². The normalized spacial score (nSPS) is 12.5. The molecule has 0 fully saturated rings. The van der Waals surface area contributed by atoms with Crippen molar-refractivity contribution in [2.45, 2.75) is 13.1 Å². The van der Waals surface area contributed by atoms with Crippen molar-refractivity contribution in [2.24, 2.45) is 4.90 Å². The molecule has 3 aromatic rings. The Labute approximate surface area is 197 Å². The Bertz CT molecular complexity index is 1140. The topological polar surface area (TPSA) is 41.5 Å². The Kier molecular flexibility index (Phi) is 8.25. The zero-order chi connectivity index (χ0) is 24.6. The van der Waals surface area contributed by atoms with Crippen LogP contribution >= 0.6 is 0 Å². The van der Waals surface area contributed by atoms with Crippen LogP contribution in [0.5, 0.6) is 0 Å². The molecule has 0 aliphatic heterocycles. The minimum Gasteiger partial charge on any atom is -0.384 e. The van der Waals surface area contributed by atoms with Crippen LogP contribution in [0, 0.1) is 0 Å². The molecule has 0 atom stereocenters. The second-order valence-corrected chi connectivity index (χ2v) is 7.56. The molecule has 0 saturated carbocycles. The molecule has 0 bridgehead atoms. The van der Waals surface area contributed by atoms with E-state index in [4.69, 9.17) is 0 Å². The highest BCUT2D eigenvalue weighted by Crippen LogP contribution is 2.27. The minimum atomic E-state index is -4.88. The number of nitrogens with zero attached hydrogens (tertiary/aromatic N) is 1. The molecule has 0 heterocycles. The Morgan fingerprint density at radius 1 is 0.912 bits per heavy atom. The maximum Gasteiger partial charge on any atom is 0.432 e. The highest BCUT2D eigenvalue weighted by atomic mass is 19.4. The van der Waals surface area contributed by atoms with E-state index in [9.17, 15) is 18.0 Å². The monoisotopic (exact) mass is 460 g/mol. The number of hydrogen-bond acceptors (Lipinski definition) is 3. The number of carbonyl (C=O) groups is 1. The summed E-state index contributed by atoms with van der Waals surface area (Å²) in [5.74, 6) is -0.759. The van der Waals surface area contributed by atoms with Crippen LogP contribution in [0.15, 0.2) is 120 Å². The summed E-state index contributed by atoms with van der Waals surface area (Å²) in [7, 11) is 0. The molecule has 0 spiro atoms. The summed E-state index contributed by atoms with van der Waals surface area (Å²) in [4.78, 5) is 17.6. The van der Waals surface area contributed by atoms with Crippen molar-refractivity contribution in [1.82, 2.24) is 5.32 Å². The van der Waals surface area contributed by atoms with Crippen molar-refractivity contribution in [2.75, 3.05) is 6.54 Å². The number of hydrogen-bond donors (Lipinski definition) is 1. The molecule has 3 rings (SSSR count). The Morgan fingerprint density at radius 3 is 1.82 bits per heavy atom. The van der Waals surface area contributed by atoms with Gasteiger partial charge in [-0.05, 0) is 17.8 Å². The molecule has 0 saturated heterocycles. The standard InChI is InChI=1S/C27H24BF3N2O/c1-3-19-32-20(2)24(25(34)21-13-7-4-8-14-21)26(27(29,30)31)33-28(22-15-9-5-10-16-22)23-17-11-6-12-18-23/h3-18,32H,1,19H2,2H3/b24-20-,33-26+. The summed E-state index contributed by atoms with van der Waals surface area (Å²) in [6.45, 7) is 4.28. The van der Waals surface area contributed by atoms with Crippen molar-refractivity contribution in [3.63, 3.8) is 0 Å². The first-order chi connectivity index (χ1) is 16.3. The van der Waals surface area contributed by atoms with Crippen LogP contribution in [0.4, 0.5) is 13.2 Å². The lowest BCUT2D eigenvalue weighted by molar-refractivity contribution is -0.0581. The van der Waals surface area contributed by atoms with Gasteiger partial charge in [0.1, 0.15) is 5.71 Å². The highest BCUT2D eigenvalue weighted by Gasteiger charge is 2.42. The first-order valence-corrected chi connectivity index (χ1v) is 10.7. The maximum atomic E-state index is 14.6. The molecule has 0 aliphatic carbocycles. The molecule has 0 aromatic heterocycles. The average molecular weight is 460 g/mol. The number of rotatable bonds is 9. The van der Waals surface area contributed by atoms with Gasteiger partial charge in [-0.15, -0.1) is 6.58 Å². The van der Waals surface area contributed by atoms with E-state index in [2.05, 4.69) is 16.8 Å². The van der Waals surface area contributed by atoms with Crippen molar-refractivity contribution >= 4 is 29.3 Å². The number of allylic oxidation sites excluding steroid dienone is 2. The first-order valence-electron chi connectivity index (χ1n) is 10.7. The van der Waals surface area contributed by atoms with E-state index >= 15 is 0 Å². The van der Waals surface area contributed by atoms with Crippen molar-refractivity contribution < 1.29 is 18.0 Å². The molecule has 3 aromatic carbocycles. The quantitative estimate of drug-likeness (QED) is 0.165. The Balaban J connectivity index is 2.27. The smallest absolute Gasteiger partial charge is 0.384 e. The zero-order valence-corrected chi connectivity index (χ0v) is 18.7. The van der Waals surface area contributed by atoms with Gasteiger partial charge < -0.3 is 10.2 Å². The number of benzene rings is 3. The number of nitrogens with one attached hydrogen (secondary N) is 1. The van der Waals surface area contributed by atoms with Gasteiger partial charge in [0.2, 0.25) is 0 Å². The molecular weight excluding hydrogens is 436 g/mol. The summed E-state index contributed by atoms with van der Waals surface area (Å²) >= 11 is 0. The predicted octanol–water partition coefficient (Wildman–Crippen LogP) is 4.73. The van der Waals surface area contributed by atoms with E-state index in [1.54, 1.807) is 78.9 Å². The first kappa shape index (κ1) is 24.8. The second-order valence-electron chi connectivity index (χ2n) is 7.56. The molecular formula is C27H24BF3N2O. The van der Waals surface area contributed by atoms with Crippen molar-refractivity contribution in [1.29, 1.82) is 0 Å². The molecule has 34 heavy (non-hydrogen) atoms. The summed E-state index contributed by atoms with van der Waals surface area (Å²) in [5, 5.41) is 2.85. The number of alkyl halides is 3. The van der Waals surface area contributed by atoms with Crippen LogP contribution in [0.25, 0.3) is 0 Å². The number of carbonyl (C=O) groups excluding carboxylic acids is 1. The molecule has 1 N–H and O–H groups in total. The molecule has 0 amide bonds. The van der Waals surface area contributed by atoms with Gasteiger partial charge in [-0.25, -0.2) is 0 Å². The van der Waals surface area contributed by atoms with Gasteiger partial charge in [0, 0.05) is 17.8 Å². The summed E-state index contributed by atoms with van der Waals surface area (Å²) in [6, 6.07) is 25.3. The van der Waals surface area contributed by atoms with Gasteiger partial charge in [0.15, 0.2) is 5.78 Å². The zero-order valence-electron chi connectivity index (χ0n) is 18.7. The van der Waals surface area contributed by atoms with Crippen LogP contribution in [0.3, 0.4) is 0 Å². The van der Waals surface area contributed by atoms with Crippen LogP contribution in [0.1, 0.15) is 17.3 Å². The summed E-state index contributed by atoms with van der Waals surface area (Å²) < 4.78 is 43.7. The lowest BCUT2D eigenvalue weighted by atomic mass is 9.51. The van der Waals surface area contributed by atoms with Gasteiger partial charge in [-0.2, -0.15) is 13.2 Å². The molecule has 0 unspecified atom stereocenters. The summed E-state index contributed by atoms with van der Waals surface area (Å²) in [5.41, 5.74) is -0.363. The SMILES string of the molecule is C=CCN/C(C)=C(C(=O)c1ccccc1)\C(=N/B(c1ccccc1)c1ccccc1)C(F)(F)F. The number of ketones is 1. The van der Waals surface area contributed by atoms with Gasteiger partial charge >= 0.3 is 13.0 Å². The molecule has 0 aliphatic rings. The lowest BCUT2D eigenvalue weighted by Crippen LogP contribution is -2.44. The van der Waals surface area contributed by atoms with Crippen molar-refractivity contribution in [3.8, 4) is 0 Å². The van der Waals surface area contributed by atoms with Gasteiger partial charge in [0.05, 0.1) is 5.57 Å². The third-order valence-electron chi connectivity index (χ3n) is 5.14. The van der Waals surface area contributed by atoms with E-state index in [1.807, 2.05) is 0 Å². The Hall–Kier alpha value is -3.87. The van der Waals surface area contributed by atoms with Gasteiger partial charge in [-0.3, -0.25) is 4.79 Å². The van der Waals surface area contributed by atoms with Gasteiger partial charge in [0.25, 0.3) is 0 Å². The van der Waals surface area contributed by atoms with Crippen molar-refractivity contribution in [3.05, 3.63) is 120 Å². The predicted molar refractivity (Wildman–Crippen MR) is 133 cm³/mol. The van der Waals surface area contributed by atoms with Crippen LogP contribution < -0.4 is 16.2 Å². The molecule has 3 nitrogen and oxygen atoms in total. The van der Waals surface area contributed by atoms with E-state index in [0.717, 1.165) is 0 Å². The highest BCUT2D eigenvalue weighted by molar-refractivity contribution is 6.84. The second kappa shape index (κ2) is 11.3. The largest absolute Gasteiger partial charge is 0.432 e. The van der Waals surface area contributed by atoms with Gasteiger partial charge in [-0.1, -0.05) is 97.1 Å². The lowest BCUT2D eigenvalue weighted by Gasteiger charge is -2.20.